The van der Waals surface area contributed by atoms with Gasteiger partial charge in [-0.15, -0.1) is 0 Å². The lowest BCUT2D eigenvalue weighted by Crippen LogP contribution is -2.05. The first-order valence-electron chi connectivity index (χ1n) is 10.6. The second-order valence-electron chi connectivity index (χ2n) is 7.58. The number of aromatic amines is 1. The van der Waals surface area contributed by atoms with E-state index in [0.717, 1.165) is 16.5 Å². The van der Waals surface area contributed by atoms with Gasteiger partial charge in [-0.05, 0) is 36.4 Å². The maximum absolute atomic E-state index is 13.9. The number of fused-ring (bicyclic) bond motifs is 2. The summed E-state index contributed by atoms with van der Waals surface area (Å²) in [5.41, 5.74) is 3.72. The number of carbonyl (C=O) groups is 1. The third kappa shape index (κ3) is 3.67. The molecule has 170 valence electrons. The number of allylic oxidation sites excluding steroid dienone is 1. The van der Waals surface area contributed by atoms with Crippen LogP contribution in [0.2, 0.25) is 0 Å². The Labute approximate surface area is 195 Å². The van der Waals surface area contributed by atoms with Crippen LogP contribution in [0.1, 0.15) is 21.8 Å². The van der Waals surface area contributed by atoms with Crippen LogP contribution in [-0.2, 0) is 0 Å². The van der Waals surface area contributed by atoms with Gasteiger partial charge in [0.2, 0.25) is 11.6 Å². The van der Waals surface area contributed by atoms with Crippen LogP contribution in [0.3, 0.4) is 0 Å². The van der Waals surface area contributed by atoms with Gasteiger partial charge in [0.05, 0.1) is 26.9 Å². The summed E-state index contributed by atoms with van der Waals surface area (Å²) < 4.78 is 22.3. The third-order valence-electron chi connectivity index (χ3n) is 5.62. The molecule has 0 aliphatic carbocycles. The Morgan fingerprint density at radius 1 is 0.941 bits per heavy atom. The second-order valence-corrected chi connectivity index (χ2v) is 7.58. The minimum atomic E-state index is -0.295. The van der Waals surface area contributed by atoms with E-state index in [0.29, 0.717) is 39.5 Å². The number of aromatic nitrogens is 2. The van der Waals surface area contributed by atoms with E-state index in [1.165, 1.54) is 21.3 Å². The van der Waals surface area contributed by atoms with Gasteiger partial charge < -0.3 is 23.6 Å². The molecule has 0 aliphatic rings. The number of Topliss-reactive ketones (excluding diaryl/α,β-unsaturated/α-hetero) is 1. The quantitative estimate of drug-likeness (QED) is 0.249. The Balaban J connectivity index is 1.71. The summed E-state index contributed by atoms with van der Waals surface area (Å²) in [6.07, 6.45) is 3.64. The molecule has 0 atom stereocenters. The molecule has 5 aromatic rings. The number of H-pyrrole nitrogens is 1. The van der Waals surface area contributed by atoms with Gasteiger partial charge >= 0.3 is 0 Å². The number of carbonyl (C=O) groups excluding carboxylic acids is 1. The average molecular weight is 454 g/mol. The lowest BCUT2D eigenvalue weighted by atomic mass is 9.99. The molecule has 5 rings (SSSR count). The van der Waals surface area contributed by atoms with Crippen molar-refractivity contribution < 1.29 is 23.4 Å². The van der Waals surface area contributed by atoms with Crippen molar-refractivity contribution >= 4 is 39.4 Å². The van der Waals surface area contributed by atoms with Crippen LogP contribution in [0.15, 0.2) is 71.3 Å². The first-order chi connectivity index (χ1) is 16.6. The largest absolute Gasteiger partial charge is 0.493 e. The summed E-state index contributed by atoms with van der Waals surface area (Å²) in [5, 5.41) is 0.980. The van der Waals surface area contributed by atoms with Crippen molar-refractivity contribution in [2.75, 3.05) is 21.3 Å². The number of oxazole rings is 1. The summed E-state index contributed by atoms with van der Waals surface area (Å²) in [4.78, 5) is 21.7. The SMILES string of the molecule is COc1cc(C(=O)/C(=C/c2c[nH]c3ccccc23)c2nc3ccccc3o2)cc(OC)c1OC. The van der Waals surface area contributed by atoms with E-state index in [-0.39, 0.29) is 11.7 Å². The lowest BCUT2D eigenvalue weighted by molar-refractivity contribution is 0.105. The Hall–Kier alpha value is -4.52. The highest BCUT2D eigenvalue weighted by Crippen LogP contribution is 2.39. The summed E-state index contributed by atoms with van der Waals surface area (Å²) in [6.45, 7) is 0. The molecule has 0 radical (unpaired) electrons. The maximum Gasteiger partial charge on any atom is 0.231 e. The molecule has 0 spiro atoms. The Bertz CT molecular complexity index is 1490. The van der Waals surface area contributed by atoms with Gasteiger partial charge in [0.15, 0.2) is 22.9 Å². The molecule has 1 N–H and O–H groups in total. The summed E-state index contributed by atoms with van der Waals surface area (Å²) in [6, 6.07) is 18.5. The fourth-order valence-electron chi connectivity index (χ4n) is 3.95. The number of nitrogens with zero attached hydrogens (tertiary/aromatic N) is 1. The van der Waals surface area contributed by atoms with Crippen molar-refractivity contribution in [2.45, 2.75) is 0 Å². The summed E-state index contributed by atoms with van der Waals surface area (Å²) in [7, 11) is 4.53. The van der Waals surface area contributed by atoms with Gasteiger partial charge in [0.25, 0.3) is 0 Å². The molecule has 0 bridgehead atoms. The molecular formula is C27H22N2O5. The standard InChI is InChI=1S/C27H22N2O5/c1-31-23-13-16(14-24(32-2)26(23)33-3)25(30)19(27-29-21-10-6-7-11-22(21)34-27)12-17-15-28-20-9-5-4-8-18(17)20/h4-15,28H,1-3H3/b19-12-. The van der Waals surface area contributed by atoms with Gasteiger partial charge in [-0.1, -0.05) is 30.3 Å². The van der Waals surface area contributed by atoms with Crippen molar-refractivity contribution in [3.05, 3.63) is 83.9 Å². The van der Waals surface area contributed by atoms with Gasteiger partial charge in [-0.2, -0.15) is 0 Å². The minimum Gasteiger partial charge on any atom is -0.493 e. The van der Waals surface area contributed by atoms with Crippen molar-refractivity contribution in [3.8, 4) is 17.2 Å². The maximum atomic E-state index is 13.9. The third-order valence-corrected chi connectivity index (χ3v) is 5.62. The minimum absolute atomic E-state index is 0.227. The van der Waals surface area contributed by atoms with Crippen LogP contribution in [0.25, 0.3) is 33.7 Å². The predicted molar refractivity (Wildman–Crippen MR) is 131 cm³/mol. The molecule has 0 unspecified atom stereocenters. The van der Waals surface area contributed by atoms with Crippen LogP contribution >= 0.6 is 0 Å². The highest BCUT2D eigenvalue weighted by atomic mass is 16.5. The van der Waals surface area contributed by atoms with Crippen LogP contribution in [0.4, 0.5) is 0 Å². The normalized spacial score (nSPS) is 11.7. The first kappa shape index (κ1) is 21.3. The number of ketones is 1. The molecule has 0 saturated heterocycles. The highest BCUT2D eigenvalue weighted by molar-refractivity contribution is 6.32. The van der Waals surface area contributed by atoms with Gasteiger partial charge in [0, 0.05) is 28.2 Å². The van der Waals surface area contributed by atoms with E-state index >= 15 is 0 Å². The average Bonchev–Trinajstić information content (AvgIpc) is 3.49. The lowest BCUT2D eigenvalue weighted by Gasteiger charge is -2.14. The van der Waals surface area contributed by atoms with Crippen molar-refractivity contribution in [2.24, 2.45) is 0 Å². The van der Waals surface area contributed by atoms with E-state index in [4.69, 9.17) is 18.6 Å². The number of nitrogens with one attached hydrogen (secondary N) is 1. The molecular weight excluding hydrogens is 432 g/mol. The first-order valence-corrected chi connectivity index (χ1v) is 10.6. The molecule has 2 heterocycles. The molecule has 0 fully saturated rings. The number of para-hydroxylation sites is 3. The molecule has 0 amide bonds. The van der Waals surface area contributed by atoms with Gasteiger partial charge in [-0.25, -0.2) is 4.98 Å². The van der Waals surface area contributed by atoms with Gasteiger partial charge in [0.1, 0.15) is 5.52 Å². The van der Waals surface area contributed by atoms with Crippen LogP contribution in [-0.4, -0.2) is 37.1 Å². The van der Waals surface area contributed by atoms with E-state index in [2.05, 4.69) is 9.97 Å². The molecule has 0 aliphatic heterocycles. The molecule has 7 nitrogen and oxygen atoms in total. The number of benzene rings is 3. The second kappa shape index (κ2) is 8.78. The van der Waals surface area contributed by atoms with Crippen molar-refractivity contribution in [1.82, 2.24) is 9.97 Å². The van der Waals surface area contributed by atoms with Gasteiger partial charge in [-0.3, -0.25) is 4.79 Å². The Morgan fingerprint density at radius 2 is 1.65 bits per heavy atom. The number of hydrogen-bond acceptors (Lipinski definition) is 6. The number of ether oxygens (including phenoxy) is 3. The van der Waals surface area contributed by atoms with E-state index in [1.54, 1.807) is 18.2 Å². The molecule has 3 aromatic carbocycles. The summed E-state index contributed by atoms with van der Waals surface area (Å²) >= 11 is 0. The molecule has 0 saturated carbocycles. The number of hydrogen-bond donors (Lipinski definition) is 1. The van der Waals surface area contributed by atoms with Crippen molar-refractivity contribution in [3.63, 3.8) is 0 Å². The van der Waals surface area contributed by atoms with Crippen molar-refractivity contribution in [1.29, 1.82) is 0 Å². The fourth-order valence-corrected chi connectivity index (χ4v) is 3.95. The van der Waals surface area contributed by atoms with Crippen LogP contribution in [0, 0.1) is 0 Å². The monoisotopic (exact) mass is 454 g/mol. The summed E-state index contributed by atoms with van der Waals surface area (Å²) in [5.74, 6) is 1.11. The highest BCUT2D eigenvalue weighted by Gasteiger charge is 2.24. The predicted octanol–water partition coefficient (Wildman–Crippen LogP) is 5.76. The zero-order chi connectivity index (χ0) is 23.7. The van der Waals surface area contributed by atoms with Crippen LogP contribution in [0.5, 0.6) is 17.2 Å². The molecule has 34 heavy (non-hydrogen) atoms. The fraction of sp³-hybridized carbons (Fsp3) is 0.111. The Morgan fingerprint density at radius 3 is 2.35 bits per heavy atom. The van der Waals surface area contributed by atoms with E-state index < -0.39 is 0 Å². The number of rotatable bonds is 7. The Kier molecular flexibility index (Phi) is 5.51. The molecule has 7 heteroatoms. The van der Waals surface area contributed by atoms with Crippen LogP contribution < -0.4 is 14.2 Å². The van der Waals surface area contributed by atoms with E-state index in [1.807, 2.05) is 54.7 Å². The smallest absolute Gasteiger partial charge is 0.231 e. The zero-order valence-electron chi connectivity index (χ0n) is 18.9. The zero-order valence-corrected chi connectivity index (χ0v) is 18.9. The topological polar surface area (TPSA) is 86.6 Å². The molecule has 2 aromatic heterocycles. The van der Waals surface area contributed by atoms with E-state index in [9.17, 15) is 4.79 Å². The number of methoxy groups -OCH3 is 3.